The SMILES string of the molecule is C=C(C)Nc1ncc(F)c(NCc2ccc3c(c2)CCO3)n1. The number of fused-ring (bicyclic) bond motifs is 1. The first-order chi connectivity index (χ1) is 10.6. The second kappa shape index (κ2) is 6.01. The van der Waals surface area contributed by atoms with E-state index >= 15 is 0 Å². The summed E-state index contributed by atoms with van der Waals surface area (Å²) in [5, 5.41) is 5.86. The minimum absolute atomic E-state index is 0.162. The molecule has 0 atom stereocenters. The van der Waals surface area contributed by atoms with Crippen molar-refractivity contribution >= 4 is 11.8 Å². The van der Waals surface area contributed by atoms with Crippen molar-refractivity contribution in [2.75, 3.05) is 17.2 Å². The Morgan fingerprint density at radius 2 is 2.32 bits per heavy atom. The number of aromatic nitrogens is 2. The van der Waals surface area contributed by atoms with Crippen LogP contribution in [0.15, 0.2) is 36.7 Å². The maximum Gasteiger partial charge on any atom is 0.229 e. The van der Waals surface area contributed by atoms with Crippen molar-refractivity contribution in [3.05, 3.63) is 53.6 Å². The van der Waals surface area contributed by atoms with E-state index in [0.717, 1.165) is 30.5 Å². The van der Waals surface area contributed by atoms with Gasteiger partial charge >= 0.3 is 0 Å². The summed E-state index contributed by atoms with van der Waals surface area (Å²) in [7, 11) is 0. The molecule has 0 bridgehead atoms. The van der Waals surface area contributed by atoms with Gasteiger partial charge in [-0.3, -0.25) is 0 Å². The molecule has 0 spiro atoms. The van der Waals surface area contributed by atoms with Crippen LogP contribution in [-0.2, 0) is 13.0 Å². The first-order valence-corrected chi connectivity index (χ1v) is 7.05. The standard InChI is InChI=1S/C16H17FN4O/c1-10(2)20-16-19-9-13(17)15(21-16)18-8-11-3-4-14-12(7-11)5-6-22-14/h3-4,7,9H,1,5-6,8H2,2H3,(H2,18,19,20,21). The molecule has 2 heterocycles. The van der Waals surface area contributed by atoms with Gasteiger partial charge in [0.1, 0.15) is 5.75 Å². The Hall–Kier alpha value is -2.63. The van der Waals surface area contributed by atoms with Gasteiger partial charge in [-0.1, -0.05) is 18.7 Å². The van der Waals surface area contributed by atoms with E-state index in [1.807, 2.05) is 12.1 Å². The van der Waals surface area contributed by atoms with Gasteiger partial charge in [0.2, 0.25) is 5.95 Å². The van der Waals surface area contributed by atoms with Crippen LogP contribution in [0, 0.1) is 5.82 Å². The van der Waals surface area contributed by atoms with Crippen LogP contribution in [-0.4, -0.2) is 16.6 Å². The first kappa shape index (κ1) is 14.3. The van der Waals surface area contributed by atoms with E-state index in [1.165, 1.54) is 5.56 Å². The second-order valence-electron chi connectivity index (χ2n) is 5.19. The molecule has 0 fully saturated rings. The Morgan fingerprint density at radius 1 is 1.45 bits per heavy atom. The summed E-state index contributed by atoms with van der Waals surface area (Å²) in [6.45, 7) is 6.70. The van der Waals surface area contributed by atoms with Crippen LogP contribution in [0.4, 0.5) is 16.2 Å². The normalized spacial score (nSPS) is 12.5. The fourth-order valence-corrected chi connectivity index (χ4v) is 2.28. The average Bonchev–Trinajstić information content (AvgIpc) is 2.95. The Labute approximate surface area is 128 Å². The van der Waals surface area contributed by atoms with Crippen LogP contribution in [0.5, 0.6) is 5.75 Å². The molecule has 0 aliphatic carbocycles. The lowest BCUT2D eigenvalue weighted by Crippen LogP contribution is -2.07. The molecule has 5 nitrogen and oxygen atoms in total. The van der Waals surface area contributed by atoms with Crippen LogP contribution >= 0.6 is 0 Å². The van der Waals surface area contributed by atoms with Gasteiger partial charge in [-0.05, 0) is 24.1 Å². The summed E-state index contributed by atoms with van der Waals surface area (Å²) >= 11 is 0. The fraction of sp³-hybridized carbons (Fsp3) is 0.250. The third kappa shape index (κ3) is 3.16. The summed E-state index contributed by atoms with van der Waals surface area (Å²) in [4.78, 5) is 7.97. The lowest BCUT2D eigenvalue weighted by Gasteiger charge is -2.10. The fourth-order valence-electron chi connectivity index (χ4n) is 2.28. The summed E-state index contributed by atoms with van der Waals surface area (Å²) in [6, 6.07) is 5.98. The van der Waals surface area contributed by atoms with E-state index in [0.29, 0.717) is 18.2 Å². The van der Waals surface area contributed by atoms with E-state index in [2.05, 4.69) is 33.2 Å². The number of benzene rings is 1. The molecule has 3 rings (SSSR count). The molecule has 2 aromatic rings. The monoisotopic (exact) mass is 300 g/mol. The highest BCUT2D eigenvalue weighted by atomic mass is 19.1. The van der Waals surface area contributed by atoms with E-state index in [9.17, 15) is 4.39 Å². The molecule has 1 aromatic carbocycles. The summed E-state index contributed by atoms with van der Waals surface area (Å²) in [5.41, 5.74) is 2.93. The van der Waals surface area contributed by atoms with Crippen molar-refractivity contribution in [2.24, 2.45) is 0 Å². The topological polar surface area (TPSA) is 59.1 Å². The van der Waals surface area contributed by atoms with Crippen molar-refractivity contribution in [1.82, 2.24) is 9.97 Å². The number of allylic oxidation sites excluding steroid dienone is 1. The average molecular weight is 300 g/mol. The Balaban J connectivity index is 1.71. The Bertz CT molecular complexity index is 717. The molecule has 1 aliphatic rings. The largest absolute Gasteiger partial charge is 0.493 e. The highest BCUT2D eigenvalue weighted by Crippen LogP contribution is 2.26. The van der Waals surface area contributed by atoms with Gasteiger partial charge in [0.05, 0.1) is 12.8 Å². The number of anilines is 2. The van der Waals surface area contributed by atoms with E-state index in [1.54, 1.807) is 6.92 Å². The zero-order valence-electron chi connectivity index (χ0n) is 12.3. The third-order valence-electron chi connectivity index (χ3n) is 3.28. The maximum absolute atomic E-state index is 13.8. The van der Waals surface area contributed by atoms with E-state index < -0.39 is 5.82 Å². The predicted octanol–water partition coefficient (Wildman–Crippen LogP) is 3.11. The van der Waals surface area contributed by atoms with E-state index in [4.69, 9.17) is 4.74 Å². The number of halogens is 1. The molecule has 114 valence electrons. The van der Waals surface area contributed by atoms with Gasteiger partial charge in [0, 0.05) is 18.7 Å². The van der Waals surface area contributed by atoms with Crippen molar-refractivity contribution in [3.63, 3.8) is 0 Å². The summed E-state index contributed by atoms with van der Waals surface area (Å²) < 4.78 is 19.2. The minimum Gasteiger partial charge on any atom is -0.493 e. The molecule has 0 saturated carbocycles. The molecule has 2 N–H and O–H groups in total. The van der Waals surface area contributed by atoms with Crippen molar-refractivity contribution < 1.29 is 9.13 Å². The second-order valence-corrected chi connectivity index (χ2v) is 5.19. The molecule has 1 aromatic heterocycles. The molecule has 22 heavy (non-hydrogen) atoms. The molecule has 0 radical (unpaired) electrons. The lowest BCUT2D eigenvalue weighted by molar-refractivity contribution is 0.357. The van der Waals surface area contributed by atoms with Crippen molar-refractivity contribution in [2.45, 2.75) is 19.9 Å². The van der Waals surface area contributed by atoms with Crippen molar-refractivity contribution in [3.8, 4) is 5.75 Å². The van der Waals surface area contributed by atoms with E-state index in [-0.39, 0.29) is 5.82 Å². The summed E-state index contributed by atoms with van der Waals surface area (Å²) in [5.74, 6) is 0.927. The first-order valence-electron chi connectivity index (χ1n) is 7.05. The number of ether oxygens (including phenoxy) is 1. The third-order valence-corrected chi connectivity index (χ3v) is 3.28. The molecule has 0 saturated heterocycles. The van der Waals surface area contributed by atoms with Crippen LogP contribution in [0.1, 0.15) is 18.1 Å². The van der Waals surface area contributed by atoms with Crippen LogP contribution in [0.2, 0.25) is 0 Å². The predicted molar refractivity (Wildman–Crippen MR) is 83.4 cm³/mol. The van der Waals surface area contributed by atoms with Crippen molar-refractivity contribution in [1.29, 1.82) is 0 Å². The molecular formula is C16H17FN4O. The van der Waals surface area contributed by atoms with Gasteiger partial charge < -0.3 is 15.4 Å². The van der Waals surface area contributed by atoms with Crippen LogP contribution in [0.3, 0.4) is 0 Å². The number of hydrogen-bond donors (Lipinski definition) is 2. The molecule has 1 aliphatic heterocycles. The number of rotatable bonds is 5. The zero-order chi connectivity index (χ0) is 15.5. The molecule has 0 unspecified atom stereocenters. The van der Waals surface area contributed by atoms with Gasteiger partial charge in [-0.25, -0.2) is 9.37 Å². The van der Waals surface area contributed by atoms with Crippen LogP contribution in [0.25, 0.3) is 0 Å². The lowest BCUT2D eigenvalue weighted by atomic mass is 10.1. The number of nitrogens with zero attached hydrogens (tertiary/aromatic N) is 2. The highest BCUT2D eigenvalue weighted by molar-refractivity contribution is 5.45. The maximum atomic E-state index is 13.8. The number of hydrogen-bond acceptors (Lipinski definition) is 5. The van der Waals surface area contributed by atoms with Gasteiger partial charge in [-0.2, -0.15) is 4.98 Å². The van der Waals surface area contributed by atoms with Gasteiger partial charge in [-0.15, -0.1) is 0 Å². The number of nitrogens with one attached hydrogen (secondary N) is 2. The molecule has 0 amide bonds. The Kier molecular flexibility index (Phi) is 3.91. The minimum atomic E-state index is -0.489. The zero-order valence-corrected chi connectivity index (χ0v) is 12.3. The molecule has 6 heteroatoms. The molecular weight excluding hydrogens is 283 g/mol. The quantitative estimate of drug-likeness (QED) is 0.888. The Morgan fingerprint density at radius 3 is 3.14 bits per heavy atom. The highest BCUT2D eigenvalue weighted by Gasteiger charge is 2.12. The smallest absolute Gasteiger partial charge is 0.229 e. The van der Waals surface area contributed by atoms with Crippen LogP contribution < -0.4 is 15.4 Å². The van der Waals surface area contributed by atoms with Gasteiger partial charge in [0.15, 0.2) is 11.6 Å². The summed E-state index contributed by atoms with van der Waals surface area (Å²) in [6.07, 6.45) is 2.05. The van der Waals surface area contributed by atoms with Gasteiger partial charge in [0.25, 0.3) is 0 Å².